The van der Waals surface area contributed by atoms with Crippen LogP contribution in [0, 0.1) is 0 Å². The molecular weight excluding hydrogens is 456 g/mol. The van der Waals surface area contributed by atoms with Gasteiger partial charge in [-0.05, 0) is 82.2 Å². The SMILES string of the molecule is [2H]c1cc2c(c([2H])c1[2H])c([2H])c([2H])c1c(-c3c4c([2H])c([2H])c([2H])c([2H])c4c(-c4c([2H])c([2H])c5c([2H])c([2H])c([2H])c([2H])c5c4[2H])c4c([2H])c([2H])c([2H])c([2H])c34)c([2H])c([2H])c([2H])c12. The molecule has 0 heteroatoms. The van der Waals surface area contributed by atoms with Crippen molar-refractivity contribution in [3.05, 3.63) is 145 Å². The van der Waals surface area contributed by atoms with Crippen LogP contribution < -0.4 is 0 Å². The Labute approximate surface area is 253 Å². The van der Waals surface area contributed by atoms with Gasteiger partial charge in [0.2, 0.25) is 0 Å². The molecule has 8 aromatic carbocycles. The maximum atomic E-state index is 9.40. The fourth-order valence-electron chi connectivity index (χ4n) is 4.72. The molecular formula is C38H24. The molecule has 0 aliphatic heterocycles. The van der Waals surface area contributed by atoms with Crippen LogP contribution in [0.1, 0.15) is 31.5 Å². The van der Waals surface area contributed by atoms with E-state index < -0.39 is 199 Å². The van der Waals surface area contributed by atoms with Gasteiger partial charge < -0.3 is 0 Å². The zero-order valence-corrected chi connectivity index (χ0v) is 19.1. The molecule has 8 aromatic rings. The fraction of sp³-hybridized carbons (Fsp3) is 0. The third kappa shape index (κ3) is 3.11. The van der Waals surface area contributed by atoms with Gasteiger partial charge in [-0.25, -0.2) is 0 Å². The normalized spacial score (nSPS) is 20.2. The Balaban J connectivity index is 1.80. The summed E-state index contributed by atoms with van der Waals surface area (Å²) in [7, 11) is 0. The van der Waals surface area contributed by atoms with Crippen LogP contribution in [0.15, 0.2) is 145 Å². The van der Waals surface area contributed by atoms with Gasteiger partial charge in [0.1, 0.15) is 0 Å². The van der Waals surface area contributed by atoms with Gasteiger partial charge >= 0.3 is 0 Å². The third-order valence-electron chi connectivity index (χ3n) is 6.33. The zero-order valence-electron chi connectivity index (χ0n) is 42.1. The third-order valence-corrected chi connectivity index (χ3v) is 6.33. The summed E-state index contributed by atoms with van der Waals surface area (Å²) in [4.78, 5) is 0. The Morgan fingerprint density at radius 2 is 0.921 bits per heavy atom. The van der Waals surface area contributed by atoms with Crippen molar-refractivity contribution in [2.24, 2.45) is 0 Å². The van der Waals surface area contributed by atoms with E-state index >= 15 is 0 Å². The molecule has 0 unspecified atom stereocenters. The first-order valence-electron chi connectivity index (χ1n) is 22.8. The maximum absolute atomic E-state index is 9.40. The van der Waals surface area contributed by atoms with Crippen LogP contribution in [0.2, 0.25) is 0 Å². The first-order valence-corrected chi connectivity index (χ1v) is 11.3. The van der Waals surface area contributed by atoms with Crippen LogP contribution in [-0.2, 0) is 0 Å². The standard InChI is InChI=1S/C38H24/c1-2-12-27-24-28(21-20-25(27)10-1)37-33-14-5-7-16-35(33)38(36-17-8-6-15-34(36)37)32-19-9-18-30-29-13-4-3-11-26(29)22-23-31(30)32/h1-24H/i1D,2D,3D,4D,5D,6D,7D,8D,9D,10D,11D,12D,14D,15D,16D,17D,18D,19D,20D,21D,22D,23D,24D. The maximum Gasteiger partial charge on any atom is 0.0636 e. The molecule has 8 rings (SSSR count). The molecule has 0 N–H and O–H groups in total. The van der Waals surface area contributed by atoms with Crippen molar-refractivity contribution in [3.63, 3.8) is 0 Å². The first kappa shape index (κ1) is 8.55. The van der Waals surface area contributed by atoms with Crippen molar-refractivity contribution in [1.82, 2.24) is 0 Å². The number of fused-ring (bicyclic) bond motifs is 6. The van der Waals surface area contributed by atoms with E-state index in [4.69, 9.17) is 20.6 Å². The highest BCUT2D eigenvalue weighted by molar-refractivity contribution is 6.25. The molecule has 0 spiro atoms. The predicted molar refractivity (Wildman–Crippen MR) is 165 cm³/mol. The number of hydrogen-bond donors (Lipinski definition) is 0. The number of hydrogen-bond acceptors (Lipinski definition) is 0. The van der Waals surface area contributed by atoms with E-state index in [0.29, 0.717) is 0 Å². The molecule has 0 aromatic heterocycles. The lowest BCUT2D eigenvalue weighted by Crippen LogP contribution is -1.92. The van der Waals surface area contributed by atoms with E-state index in [0.717, 1.165) is 6.07 Å². The summed E-state index contributed by atoms with van der Waals surface area (Å²) in [6, 6.07) is -17.9. The van der Waals surface area contributed by atoms with Crippen LogP contribution in [-0.4, -0.2) is 0 Å². The minimum atomic E-state index is -0.923. The summed E-state index contributed by atoms with van der Waals surface area (Å²) in [5.41, 5.74) is -2.57. The van der Waals surface area contributed by atoms with E-state index in [1.165, 1.54) is 0 Å². The van der Waals surface area contributed by atoms with Gasteiger partial charge in [-0.2, -0.15) is 0 Å². The molecule has 0 bridgehead atoms. The fourth-order valence-corrected chi connectivity index (χ4v) is 4.72. The van der Waals surface area contributed by atoms with Crippen LogP contribution >= 0.6 is 0 Å². The lowest BCUT2D eigenvalue weighted by atomic mass is 9.84. The summed E-state index contributed by atoms with van der Waals surface area (Å²) in [5, 5.41) is -5.15. The second kappa shape index (κ2) is 8.30. The Hall–Kier alpha value is -4.94. The molecule has 176 valence electrons. The van der Waals surface area contributed by atoms with Crippen molar-refractivity contribution in [2.75, 3.05) is 0 Å². The summed E-state index contributed by atoms with van der Waals surface area (Å²) in [6.45, 7) is 0. The molecule has 38 heavy (non-hydrogen) atoms. The average Bonchev–Trinajstić information content (AvgIpc) is 3.22. The topological polar surface area (TPSA) is 0 Å². The monoisotopic (exact) mass is 503 g/mol. The Bertz CT molecular complexity index is 3360. The van der Waals surface area contributed by atoms with Gasteiger partial charge in [-0.15, -0.1) is 0 Å². The molecule has 0 radical (unpaired) electrons. The smallest absolute Gasteiger partial charge is 0.0616 e. The number of rotatable bonds is 2. The van der Waals surface area contributed by atoms with E-state index in [1.807, 2.05) is 0 Å². The van der Waals surface area contributed by atoms with Crippen LogP contribution in [0.5, 0.6) is 0 Å². The molecule has 0 saturated heterocycles. The Morgan fingerprint density at radius 3 is 1.68 bits per heavy atom. The molecule has 0 heterocycles. The van der Waals surface area contributed by atoms with Crippen LogP contribution in [0.4, 0.5) is 0 Å². The lowest BCUT2D eigenvalue weighted by Gasteiger charge is -2.19. The first-order chi connectivity index (χ1) is 28.4. The largest absolute Gasteiger partial charge is 0.0636 e. The van der Waals surface area contributed by atoms with Crippen molar-refractivity contribution >= 4 is 53.9 Å². The molecule has 0 aliphatic rings. The van der Waals surface area contributed by atoms with Crippen molar-refractivity contribution < 1.29 is 31.5 Å². The van der Waals surface area contributed by atoms with Gasteiger partial charge in [0, 0.05) is 0 Å². The molecule has 0 amide bonds. The molecule has 0 saturated carbocycles. The second-order valence-electron chi connectivity index (χ2n) is 8.33. The number of benzene rings is 8. The van der Waals surface area contributed by atoms with Crippen LogP contribution in [0.25, 0.3) is 76.1 Å². The second-order valence-corrected chi connectivity index (χ2v) is 8.33. The van der Waals surface area contributed by atoms with Gasteiger partial charge in [0.15, 0.2) is 0 Å². The molecule has 0 aliphatic carbocycles. The van der Waals surface area contributed by atoms with Crippen molar-refractivity contribution in [2.45, 2.75) is 0 Å². The minimum Gasteiger partial charge on any atom is -0.0616 e. The average molecular weight is 504 g/mol. The van der Waals surface area contributed by atoms with E-state index in [1.54, 1.807) is 0 Å². The van der Waals surface area contributed by atoms with Crippen molar-refractivity contribution in [3.8, 4) is 22.3 Å². The lowest BCUT2D eigenvalue weighted by molar-refractivity contribution is 1.68. The highest BCUT2D eigenvalue weighted by Gasteiger charge is 2.18. The molecule has 0 nitrogen and oxygen atoms in total. The van der Waals surface area contributed by atoms with E-state index in [-0.39, 0.29) is 16.2 Å². The van der Waals surface area contributed by atoms with Gasteiger partial charge in [0.25, 0.3) is 0 Å². The van der Waals surface area contributed by atoms with Gasteiger partial charge in [-0.3, -0.25) is 0 Å². The summed E-state index contributed by atoms with van der Waals surface area (Å²) < 4.78 is 204. The summed E-state index contributed by atoms with van der Waals surface area (Å²) in [6.07, 6.45) is 0. The molecule has 0 fully saturated rings. The summed E-state index contributed by atoms with van der Waals surface area (Å²) in [5.74, 6) is 0. The highest BCUT2D eigenvalue weighted by Crippen LogP contribution is 2.46. The van der Waals surface area contributed by atoms with Gasteiger partial charge in [-0.1, -0.05) is 139 Å². The van der Waals surface area contributed by atoms with Gasteiger partial charge in [0.05, 0.1) is 31.5 Å². The Kier molecular flexibility index (Phi) is 1.87. The zero-order chi connectivity index (χ0) is 45.1. The van der Waals surface area contributed by atoms with E-state index in [2.05, 4.69) is 0 Å². The highest BCUT2D eigenvalue weighted by atomic mass is 14.2. The quantitative estimate of drug-likeness (QED) is 0.162. The predicted octanol–water partition coefficient (Wildman–Crippen LogP) is 10.8. The summed E-state index contributed by atoms with van der Waals surface area (Å²) >= 11 is 0. The molecule has 0 atom stereocenters. The Morgan fingerprint density at radius 1 is 0.342 bits per heavy atom. The van der Waals surface area contributed by atoms with E-state index in [9.17, 15) is 11.0 Å². The van der Waals surface area contributed by atoms with Crippen LogP contribution in [0.3, 0.4) is 0 Å². The van der Waals surface area contributed by atoms with Crippen molar-refractivity contribution in [1.29, 1.82) is 0 Å². The minimum absolute atomic E-state index is 0.225.